The van der Waals surface area contributed by atoms with E-state index in [1.54, 1.807) is 7.05 Å². The molecule has 2 aromatic rings. The molecule has 2 amide bonds. The van der Waals surface area contributed by atoms with Crippen molar-refractivity contribution in [3.63, 3.8) is 0 Å². The zero-order valence-corrected chi connectivity index (χ0v) is 23.6. The number of benzene rings is 1. The van der Waals surface area contributed by atoms with Gasteiger partial charge >= 0.3 is 5.97 Å². The zero-order chi connectivity index (χ0) is 30.2. The predicted octanol–water partition coefficient (Wildman–Crippen LogP) is -0.384. The number of oxime groups is 1. The van der Waals surface area contributed by atoms with Crippen LogP contribution >= 0.6 is 23.3 Å². The molecule has 222 valence electrons. The first-order valence-electron chi connectivity index (χ1n) is 12.1. The number of carboxylic acid groups (broad SMARTS) is 1. The highest BCUT2D eigenvalue weighted by molar-refractivity contribution is 8.00. The van der Waals surface area contributed by atoms with Gasteiger partial charge in [0.1, 0.15) is 23.5 Å². The van der Waals surface area contributed by atoms with E-state index in [-0.39, 0.29) is 28.0 Å². The number of carbonyl (C=O) groups excluding carboxylic acids is 2. The Balaban J connectivity index is 1.39. The Hall–Kier alpha value is -4.62. The number of carbonyl (C=O) groups is 3. The lowest BCUT2D eigenvalue weighted by Gasteiger charge is -2.49. The van der Waals surface area contributed by atoms with E-state index in [1.165, 1.54) is 29.3 Å². The summed E-state index contributed by atoms with van der Waals surface area (Å²) in [4.78, 5) is 47.2. The van der Waals surface area contributed by atoms with Gasteiger partial charge in [0.2, 0.25) is 11.5 Å². The number of hydrazone groups is 2. The third-order valence-electron chi connectivity index (χ3n) is 5.78. The van der Waals surface area contributed by atoms with Crippen molar-refractivity contribution in [3.8, 4) is 0 Å². The standard InChI is InChI=1S/C23H26FN11O5S2/c1-34(11-28-27-7-13-4-2-3-12(5-13)6-25)29-8-14-9-41-21-16(20(37)35(21)17(14)22(38)39)30-19(36)15(32-40-10-24)18-31-23(26)42-33-18/h2-5,8,11,16,21,27H,6-7,9-10,25H2,1H3,(H,30,36)(H,38,39)(H2,26,31,33)/t16?,21-/m0/s1. The lowest BCUT2D eigenvalue weighted by atomic mass is 10.0. The molecule has 0 radical (unpaired) electrons. The highest BCUT2D eigenvalue weighted by Crippen LogP contribution is 2.40. The van der Waals surface area contributed by atoms with Gasteiger partial charge in [-0.1, -0.05) is 29.4 Å². The molecule has 0 saturated carbocycles. The number of nitrogens with one attached hydrogen (secondary N) is 2. The van der Waals surface area contributed by atoms with Crippen molar-refractivity contribution in [2.45, 2.75) is 24.5 Å². The van der Waals surface area contributed by atoms with Crippen LogP contribution in [0.4, 0.5) is 9.52 Å². The van der Waals surface area contributed by atoms with Crippen LogP contribution in [0.3, 0.4) is 0 Å². The van der Waals surface area contributed by atoms with E-state index in [0.29, 0.717) is 13.1 Å². The molecule has 0 bridgehead atoms. The number of anilines is 1. The number of thioether (sulfide) groups is 1. The van der Waals surface area contributed by atoms with E-state index < -0.39 is 41.8 Å². The number of aliphatic carboxylic acids is 1. The topological polar surface area (TPSA) is 226 Å². The first kappa shape index (κ1) is 30.3. The minimum absolute atomic E-state index is 0.0340. The monoisotopic (exact) mass is 619 g/mol. The van der Waals surface area contributed by atoms with Crippen LogP contribution in [0.2, 0.25) is 0 Å². The number of hydrogen-bond donors (Lipinski definition) is 5. The molecule has 2 atom stereocenters. The van der Waals surface area contributed by atoms with Gasteiger partial charge in [0.05, 0.1) is 12.8 Å². The molecule has 2 aliphatic rings. The number of alkyl halides is 1. The highest BCUT2D eigenvalue weighted by Gasteiger charge is 2.54. The fourth-order valence-corrected chi connectivity index (χ4v) is 5.61. The number of aromatic nitrogens is 2. The van der Waals surface area contributed by atoms with Crippen LogP contribution in [0.15, 0.2) is 50.9 Å². The molecular formula is C23H26FN11O5S2. The molecular weight excluding hydrogens is 593 g/mol. The SMILES string of the molecule is CN(C=NNCc1cccc(CN)c1)N=CC1=C(C(=O)O)N2C(=O)C(NC(=O)C(=NOCF)c3nsc(N)n3)[C@@H]2SC1. The third-order valence-corrected chi connectivity index (χ3v) is 7.63. The lowest BCUT2D eigenvalue weighted by Crippen LogP contribution is -2.71. The van der Waals surface area contributed by atoms with Crippen molar-refractivity contribution in [1.29, 1.82) is 0 Å². The van der Waals surface area contributed by atoms with Crippen LogP contribution in [-0.2, 0) is 32.3 Å². The van der Waals surface area contributed by atoms with Crippen LogP contribution in [0, 0.1) is 0 Å². The normalized spacial score (nSPS) is 18.7. The molecule has 1 unspecified atom stereocenters. The lowest BCUT2D eigenvalue weighted by molar-refractivity contribution is -0.150. The first-order chi connectivity index (χ1) is 20.2. The maximum Gasteiger partial charge on any atom is 0.353 e. The average Bonchev–Trinajstić information content (AvgIpc) is 3.42. The molecule has 4 rings (SSSR count). The molecule has 1 fully saturated rings. The summed E-state index contributed by atoms with van der Waals surface area (Å²) in [7, 11) is 1.60. The third kappa shape index (κ3) is 6.98. The van der Waals surface area contributed by atoms with Gasteiger partial charge in [0.15, 0.2) is 5.13 Å². The number of hydrogen-bond acceptors (Lipinski definition) is 14. The molecule has 0 aliphatic carbocycles. The second-order valence-corrected chi connectivity index (χ2v) is 10.5. The summed E-state index contributed by atoms with van der Waals surface area (Å²) in [5.41, 5.74) is 15.6. The van der Waals surface area contributed by atoms with Gasteiger partial charge in [0, 0.05) is 36.5 Å². The fourth-order valence-electron chi connectivity index (χ4n) is 3.87. The Morgan fingerprint density at radius 2 is 2.17 bits per heavy atom. The average molecular weight is 620 g/mol. The van der Waals surface area contributed by atoms with Gasteiger partial charge in [-0.2, -0.15) is 19.6 Å². The molecule has 1 aromatic carbocycles. The Labute approximate surface area is 246 Å². The van der Waals surface area contributed by atoms with Gasteiger partial charge in [-0.05, 0) is 11.1 Å². The minimum Gasteiger partial charge on any atom is -0.477 e. The summed E-state index contributed by atoms with van der Waals surface area (Å²) >= 11 is 2.00. The van der Waals surface area contributed by atoms with E-state index in [9.17, 15) is 23.9 Å². The summed E-state index contributed by atoms with van der Waals surface area (Å²) in [6, 6.07) is 6.65. The number of halogens is 1. The quantitative estimate of drug-likeness (QED) is 0.0837. The minimum atomic E-state index is -1.33. The van der Waals surface area contributed by atoms with Crippen molar-refractivity contribution < 1.29 is 28.7 Å². The van der Waals surface area contributed by atoms with Gasteiger partial charge in [-0.15, -0.1) is 11.8 Å². The molecule has 19 heteroatoms. The number of amides is 2. The predicted molar refractivity (Wildman–Crippen MR) is 154 cm³/mol. The molecule has 7 N–H and O–H groups in total. The van der Waals surface area contributed by atoms with Crippen LogP contribution in [0.25, 0.3) is 0 Å². The van der Waals surface area contributed by atoms with Crippen LogP contribution < -0.4 is 22.2 Å². The van der Waals surface area contributed by atoms with E-state index in [0.717, 1.165) is 27.6 Å². The van der Waals surface area contributed by atoms with Crippen molar-refractivity contribution >= 4 is 64.5 Å². The maximum atomic E-state index is 13.0. The van der Waals surface area contributed by atoms with E-state index >= 15 is 0 Å². The van der Waals surface area contributed by atoms with E-state index in [2.05, 4.69) is 40.3 Å². The number of nitrogens with two attached hydrogens (primary N) is 2. The number of fused-ring (bicyclic) bond motifs is 1. The summed E-state index contributed by atoms with van der Waals surface area (Å²) < 4.78 is 16.4. The Kier molecular flexibility index (Phi) is 9.99. The van der Waals surface area contributed by atoms with Crippen LogP contribution in [0.5, 0.6) is 0 Å². The van der Waals surface area contributed by atoms with E-state index in [4.69, 9.17) is 11.5 Å². The number of carboxylic acids is 1. The molecule has 42 heavy (non-hydrogen) atoms. The number of β-lactam (4-membered cyclic amide) rings is 1. The summed E-state index contributed by atoms with van der Waals surface area (Å²) in [6.45, 7) is -0.412. The van der Waals surface area contributed by atoms with Gasteiger partial charge in [-0.3, -0.25) is 19.5 Å². The smallest absolute Gasteiger partial charge is 0.353 e. The van der Waals surface area contributed by atoms with Crippen molar-refractivity contribution in [2.24, 2.45) is 21.1 Å². The Bertz CT molecular complexity index is 1460. The van der Waals surface area contributed by atoms with E-state index in [1.807, 2.05) is 24.3 Å². The molecule has 16 nitrogen and oxygen atoms in total. The molecule has 2 aliphatic heterocycles. The maximum absolute atomic E-state index is 13.0. The Morgan fingerprint density at radius 1 is 1.38 bits per heavy atom. The second-order valence-electron chi connectivity index (χ2n) is 8.60. The van der Waals surface area contributed by atoms with Gasteiger partial charge in [-0.25, -0.2) is 9.18 Å². The molecule has 1 saturated heterocycles. The van der Waals surface area contributed by atoms with Crippen LogP contribution in [-0.4, -0.2) is 91.5 Å². The fraction of sp³-hybridized carbons (Fsp3) is 0.304. The highest BCUT2D eigenvalue weighted by atomic mass is 32.2. The largest absolute Gasteiger partial charge is 0.477 e. The first-order valence-corrected chi connectivity index (χ1v) is 13.9. The zero-order valence-electron chi connectivity index (χ0n) is 22.0. The molecule has 1 aromatic heterocycles. The number of rotatable bonds is 13. The molecule has 0 spiro atoms. The second kappa shape index (κ2) is 13.8. The number of nitrogens with zero attached hydrogens (tertiary/aromatic N) is 7. The summed E-state index contributed by atoms with van der Waals surface area (Å²) in [5, 5.41) is 24.7. The van der Waals surface area contributed by atoms with Crippen molar-refractivity contribution in [1.82, 2.24) is 30.0 Å². The van der Waals surface area contributed by atoms with Gasteiger partial charge < -0.3 is 32.2 Å². The number of nitrogen functional groups attached to an aromatic ring is 1. The summed E-state index contributed by atoms with van der Waals surface area (Å²) in [6.07, 6.45) is 2.74. The van der Waals surface area contributed by atoms with Crippen molar-refractivity contribution in [3.05, 3.63) is 52.5 Å². The van der Waals surface area contributed by atoms with Gasteiger partial charge in [0.25, 0.3) is 18.7 Å². The van der Waals surface area contributed by atoms with Crippen molar-refractivity contribution in [2.75, 3.05) is 25.4 Å². The van der Waals surface area contributed by atoms with Crippen LogP contribution in [0.1, 0.15) is 17.0 Å². The molecule has 3 heterocycles. The summed E-state index contributed by atoms with van der Waals surface area (Å²) in [5.74, 6) is -2.95. The Morgan fingerprint density at radius 3 is 2.86 bits per heavy atom.